The van der Waals surface area contributed by atoms with Gasteiger partial charge in [-0.2, -0.15) is 0 Å². The second-order valence-electron chi connectivity index (χ2n) is 2.63. The van der Waals surface area contributed by atoms with Gasteiger partial charge in [-0.05, 0) is 5.56 Å². The summed E-state index contributed by atoms with van der Waals surface area (Å²) >= 11 is 0. The van der Waals surface area contributed by atoms with Gasteiger partial charge >= 0.3 is 5.97 Å². The van der Waals surface area contributed by atoms with Crippen molar-refractivity contribution in [1.82, 2.24) is 4.98 Å². The molecule has 0 radical (unpaired) electrons. The average molecular weight is 203 g/mol. The van der Waals surface area contributed by atoms with Crippen LogP contribution >= 0.6 is 0 Å². The van der Waals surface area contributed by atoms with Crippen LogP contribution in [-0.2, 0) is 11.2 Å². The number of aromatic amines is 1. The van der Waals surface area contributed by atoms with Gasteiger partial charge in [-0.1, -0.05) is 6.07 Å². The number of alkyl halides is 2. The highest BCUT2D eigenvalue weighted by Crippen LogP contribution is 2.19. The van der Waals surface area contributed by atoms with Crippen molar-refractivity contribution in [3.63, 3.8) is 0 Å². The Hall–Kier alpha value is -1.72. The Balaban J connectivity index is 3.14. The van der Waals surface area contributed by atoms with Crippen LogP contribution in [0.15, 0.2) is 16.9 Å². The summed E-state index contributed by atoms with van der Waals surface area (Å²) in [5, 5.41) is 8.41. The van der Waals surface area contributed by atoms with Crippen LogP contribution in [0.2, 0.25) is 0 Å². The summed E-state index contributed by atoms with van der Waals surface area (Å²) in [5.41, 5.74) is -1.37. The van der Waals surface area contributed by atoms with E-state index in [2.05, 4.69) is 0 Å². The van der Waals surface area contributed by atoms with E-state index in [4.69, 9.17) is 5.11 Å². The third kappa shape index (κ3) is 2.38. The quantitative estimate of drug-likeness (QED) is 0.767. The molecule has 0 saturated carbocycles. The monoisotopic (exact) mass is 203 g/mol. The van der Waals surface area contributed by atoms with E-state index in [9.17, 15) is 18.4 Å². The standard InChI is InChI=1S/C8H7F2NO3/c9-8(10)7-4(3-6(13)14)1-2-5(12)11-7/h1-2,8H,3H2,(H,11,12)(H,13,14). The molecule has 0 amide bonds. The largest absolute Gasteiger partial charge is 0.481 e. The number of nitrogens with one attached hydrogen (secondary N) is 1. The molecule has 0 aromatic carbocycles. The lowest BCUT2D eigenvalue weighted by Crippen LogP contribution is -2.13. The minimum Gasteiger partial charge on any atom is -0.481 e. The molecule has 1 aromatic heterocycles. The molecule has 76 valence electrons. The van der Waals surface area contributed by atoms with Gasteiger partial charge in [0.25, 0.3) is 6.43 Å². The molecule has 1 rings (SSSR count). The summed E-state index contributed by atoms with van der Waals surface area (Å²) in [4.78, 5) is 22.9. The minimum absolute atomic E-state index is 0.0768. The maximum atomic E-state index is 12.3. The predicted molar refractivity (Wildman–Crippen MR) is 43.4 cm³/mol. The smallest absolute Gasteiger partial charge is 0.307 e. The molecular formula is C8H7F2NO3. The number of aromatic nitrogens is 1. The van der Waals surface area contributed by atoms with Crippen LogP contribution < -0.4 is 5.56 Å². The van der Waals surface area contributed by atoms with Crippen LogP contribution in [0.4, 0.5) is 8.78 Å². The number of carboxylic acids is 1. The summed E-state index contributed by atoms with van der Waals surface area (Å²) < 4.78 is 24.6. The van der Waals surface area contributed by atoms with Gasteiger partial charge < -0.3 is 10.1 Å². The van der Waals surface area contributed by atoms with E-state index in [0.29, 0.717) is 0 Å². The molecule has 0 saturated heterocycles. The van der Waals surface area contributed by atoms with Crippen molar-refractivity contribution in [2.75, 3.05) is 0 Å². The lowest BCUT2D eigenvalue weighted by atomic mass is 10.1. The molecule has 0 aliphatic rings. The minimum atomic E-state index is -2.88. The first-order valence-corrected chi connectivity index (χ1v) is 3.72. The van der Waals surface area contributed by atoms with Crippen LogP contribution in [0.3, 0.4) is 0 Å². The highest BCUT2D eigenvalue weighted by molar-refractivity contribution is 5.70. The molecule has 0 aliphatic heterocycles. The van der Waals surface area contributed by atoms with Crippen molar-refractivity contribution in [1.29, 1.82) is 0 Å². The molecule has 0 fully saturated rings. The van der Waals surface area contributed by atoms with Gasteiger partial charge in [-0.15, -0.1) is 0 Å². The van der Waals surface area contributed by atoms with Gasteiger partial charge in [0.2, 0.25) is 5.56 Å². The Kier molecular flexibility index (Phi) is 2.95. The molecule has 0 spiro atoms. The number of pyridine rings is 1. The molecule has 0 atom stereocenters. The number of halogens is 2. The zero-order chi connectivity index (χ0) is 10.7. The Morgan fingerprint density at radius 3 is 2.64 bits per heavy atom. The number of H-pyrrole nitrogens is 1. The highest BCUT2D eigenvalue weighted by Gasteiger charge is 2.15. The molecular weight excluding hydrogens is 196 g/mol. The molecule has 14 heavy (non-hydrogen) atoms. The summed E-state index contributed by atoms with van der Waals surface area (Å²) in [6.07, 6.45) is -3.41. The van der Waals surface area contributed by atoms with Crippen LogP contribution in [0, 0.1) is 0 Å². The third-order valence-electron chi connectivity index (χ3n) is 1.60. The topological polar surface area (TPSA) is 70.2 Å². The zero-order valence-corrected chi connectivity index (χ0v) is 6.96. The molecule has 4 nitrogen and oxygen atoms in total. The van der Waals surface area contributed by atoms with Crippen LogP contribution in [0.5, 0.6) is 0 Å². The van der Waals surface area contributed by atoms with Gasteiger partial charge in [-0.3, -0.25) is 9.59 Å². The Bertz CT molecular complexity index is 400. The summed E-state index contributed by atoms with van der Waals surface area (Å²) in [7, 11) is 0. The fraction of sp³-hybridized carbons (Fsp3) is 0.250. The Labute approximate surface area is 77.2 Å². The zero-order valence-electron chi connectivity index (χ0n) is 6.96. The van der Waals surface area contributed by atoms with Gasteiger partial charge in [0, 0.05) is 6.07 Å². The van der Waals surface area contributed by atoms with Gasteiger partial charge in [-0.25, -0.2) is 8.78 Å². The molecule has 2 N–H and O–H groups in total. The average Bonchev–Trinajstić information content (AvgIpc) is 2.07. The van der Waals surface area contributed by atoms with E-state index in [1.165, 1.54) is 0 Å². The first-order valence-electron chi connectivity index (χ1n) is 3.72. The van der Waals surface area contributed by atoms with E-state index in [1.54, 1.807) is 0 Å². The second kappa shape index (κ2) is 3.99. The number of carboxylic acid groups (broad SMARTS) is 1. The number of rotatable bonds is 3. The summed E-state index contributed by atoms with van der Waals surface area (Å²) in [6.45, 7) is 0. The number of aliphatic carboxylic acids is 1. The van der Waals surface area contributed by atoms with E-state index < -0.39 is 30.1 Å². The third-order valence-corrected chi connectivity index (χ3v) is 1.60. The number of hydrogen-bond donors (Lipinski definition) is 2. The summed E-state index contributed by atoms with van der Waals surface area (Å²) in [5.74, 6) is -1.22. The first-order chi connectivity index (χ1) is 6.50. The molecule has 0 bridgehead atoms. The molecule has 1 heterocycles. The SMILES string of the molecule is O=C(O)Cc1ccc(=O)[nH]c1C(F)F. The maximum Gasteiger partial charge on any atom is 0.307 e. The van der Waals surface area contributed by atoms with Crippen LogP contribution in [0.1, 0.15) is 17.7 Å². The fourth-order valence-corrected chi connectivity index (χ4v) is 1.03. The van der Waals surface area contributed by atoms with E-state index in [-0.39, 0.29) is 5.56 Å². The molecule has 1 aromatic rings. The molecule has 0 aliphatic carbocycles. The number of carbonyl (C=O) groups is 1. The predicted octanol–water partition coefficient (Wildman–Crippen LogP) is 0.940. The van der Waals surface area contributed by atoms with E-state index in [0.717, 1.165) is 12.1 Å². The normalized spacial score (nSPS) is 10.5. The Morgan fingerprint density at radius 2 is 2.14 bits per heavy atom. The fourth-order valence-electron chi connectivity index (χ4n) is 1.03. The molecule has 0 unspecified atom stereocenters. The van der Waals surface area contributed by atoms with Crippen molar-refractivity contribution in [2.24, 2.45) is 0 Å². The summed E-state index contributed by atoms with van der Waals surface area (Å²) in [6, 6.07) is 2.11. The lowest BCUT2D eigenvalue weighted by Gasteiger charge is -2.05. The van der Waals surface area contributed by atoms with Crippen molar-refractivity contribution in [2.45, 2.75) is 12.8 Å². The van der Waals surface area contributed by atoms with Gasteiger partial charge in [0.1, 0.15) is 0 Å². The van der Waals surface area contributed by atoms with E-state index in [1.807, 2.05) is 4.98 Å². The maximum absolute atomic E-state index is 12.3. The van der Waals surface area contributed by atoms with Gasteiger partial charge in [0.15, 0.2) is 0 Å². The molecule has 6 heteroatoms. The van der Waals surface area contributed by atoms with Gasteiger partial charge in [0.05, 0.1) is 12.1 Å². The van der Waals surface area contributed by atoms with Crippen molar-refractivity contribution in [3.8, 4) is 0 Å². The van der Waals surface area contributed by atoms with E-state index >= 15 is 0 Å². The van der Waals surface area contributed by atoms with Crippen LogP contribution in [0.25, 0.3) is 0 Å². The first kappa shape index (κ1) is 10.4. The van der Waals surface area contributed by atoms with Crippen molar-refractivity contribution in [3.05, 3.63) is 33.7 Å². The number of hydrogen-bond acceptors (Lipinski definition) is 2. The Morgan fingerprint density at radius 1 is 1.50 bits per heavy atom. The van der Waals surface area contributed by atoms with Crippen molar-refractivity contribution < 1.29 is 18.7 Å². The van der Waals surface area contributed by atoms with Crippen LogP contribution in [-0.4, -0.2) is 16.1 Å². The second-order valence-corrected chi connectivity index (χ2v) is 2.63. The van der Waals surface area contributed by atoms with Crippen molar-refractivity contribution >= 4 is 5.97 Å². The highest BCUT2D eigenvalue weighted by atomic mass is 19.3. The lowest BCUT2D eigenvalue weighted by molar-refractivity contribution is -0.136.